The van der Waals surface area contributed by atoms with Gasteiger partial charge in [-0.2, -0.15) is 0 Å². The molecule has 9 rings (SSSR count). The number of hydrogen-bond donors (Lipinski definition) is 0. The molecule has 6 heteroatoms. The predicted octanol–water partition coefficient (Wildman–Crippen LogP) is 13.2. The molecule has 2 heterocycles. The molecule has 0 aliphatic rings. The van der Waals surface area contributed by atoms with Gasteiger partial charge >= 0.3 is 44.8 Å². The van der Waals surface area contributed by atoms with Crippen LogP contribution < -0.4 is 15.9 Å². The van der Waals surface area contributed by atoms with Crippen LogP contribution in [0.5, 0.6) is 0 Å². The summed E-state index contributed by atoms with van der Waals surface area (Å²) >= 11 is 0. The van der Waals surface area contributed by atoms with Crippen LogP contribution in [0.3, 0.4) is 0 Å². The zero-order chi connectivity index (χ0) is 43.3. The summed E-state index contributed by atoms with van der Waals surface area (Å²) in [7, 11) is 2.68. The van der Waals surface area contributed by atoms with E-state index in [1.165, 1.54) is 79.0 Å². The summed E-state index contributed by atoms with van der Waals surface area (Å²) in [6.45, 7) is 4.32. The van der Waals surface area contributed by atoms with Gasteiger partial charge in [0.1, 0.15) is 0 Å². The van der Waals surface area contributed by atoms with Crippen LogP contribution in [0.1, 0.15) is 37.8 Å². The Morgan fingerprint density at radius 3 is 1.30 bits per heavy atom. The van der Waals surface area contributed by atoms with Crippen LogP contribution in [0.15, 0.2) is 199 Å². The van der Waals surface area contributed by atoms with Gasteiger partial charge in [-0.3, -0.25) is 11.8 Å². The molecule has 64 heavy (non-hydrogen) atoms. The normalized spacial score (nSPS) is 11.5. The smallest absolute Gasteiger partial charge is 0.366 e. The van der Waals surface area contributed by atoms with Crippen LogP contribution in [0, 0.1) is 24.7 Å². The van der Waals surface area contributed by atoms with Crippen molar-refractivity contribution < 1.29 is 44.8 Å². The van der Waals surface area contributed by atoms with Crippen molar-refractivity contribution in [1.29, 1.82) is 0 Å². The molecule has 326 valence electrons. The van der Waals surface area contributed by atoms with Crippen molar-refractivity contribution in [3.8, 4) is 11.8 Å². The number of nitrogens with zero attached hydrogens (tertiary/aromatic N) is 2. The van der Waals surface area contributed by atoms with Gasteiger partial charge in [-0.05, 0) is 87.4 Å². The molecule has 9 aromatic rings. The SMILES string of the molecule is C/C=C\C(=C/C)[PH+](CCCC[PH+](c1ccccc1)c1ccccc1)c1ccccc1.[Au+].[Au+].[C-]#Cc1ccc2c3ccccc3n(C)c2c1.[C-]#Cc1ccc2c3ccccc3n(C)c2c1. The molecule has 7 aromatic carbocycles. The van der Waals surface area contributed by atoms with Crippen molar-refractivity contribution in [3.63, 3.8) is 0 Å². The van der Waals surface area contributed by atoms with Gasteiger partial charge in [0.15, 0.2) is 0 Å². The zero-order valence-electron chi connectivity index (χ0n) is 36.8. The number of benzene rings is 7. The predicted molar refractivity (Wildman–Crippen MR) is 276 cm³/mol. The summed E-state index contributed by atoms with van der Waals surface area (Å²) < 4.78 is 4.32. The Morgan fingerprint density at radius 2 is 0.875 bits per heavy atom. The van der Waals surface area contributed by atoms with Crippen LogP contribution in [-0.4, -0.2) is 21.5 Å². The Hall–Kier alpha value is -4.92. The van der Waals surface area contributed by atoms with Gasteiger partial charge < -0.3 is 22.0 Å². The fourth-order valence-electron chi connectivity index (χ4n) is 8.46. The second-order valence-electron chi connectivity index (χ2n) is 15.4. The summed E-state index contributed by atoms with van der Waals surface area (Å²) in [5.41, 5.74) is 6.38. The minimum absolute atomic E-state index is 0. The van der Waals surface area contributed by atoms with Crippen LogP contribution in [0.25, 0.3) is 43.6 Å². The maximum Gasteiger partial charge on any atom is 1.00 e. The van der Waals surface area contributed by atoms with E-state index in [0.717, 1.165) is 22.2 Å². The van der Waals surface area contributed by atoms with Gasteiger partial charge in [0.25, 0.3) is 0 Å². The van der Waals surface area contributed by atoms with E-state index in [2.05, 4.69) is 207 Å². The number of hydrogen-bond acceptors (Lipinski definition) is 0. The average Bonchev–Trinajstić information content (AvgIpc) is 3.79. The minimum atomic E-state index is -0.714. The summed E-state index contributed by atoms with van der Waals surface area (Å²) in [5.74, 6) is 4.85. The number of rotatable bonds is 10. The van der Waals surface area contributed by atoms with E-state index in [1.54, 1.807) is 0 Å². The summed E-state index contributed by atoms with van der Waals surface area (Å²) in [6.07, 6.45) is 26.4. The molecule has 1 unspecified atom stereocenters. The first-order valence-corrected chi connectivity index (χ1v) is 24.8. The molecule has 1 atom stereocenters. The molecular weight excluding hydrogens is 1180 g/mol. The number of aryl methyl sites for hydroxylation is 2. The zero-order valence-corrected chi connectivity index (χ0v) is 43.1. The minimum Gasteiger partial charge on any atom is -0.366 e. The Labute approximate surface area is 414 Å². The summed E-state index contributed by atoms with van der Waals surface area (Å²) in [6, 6.07) is 62.1. The number of fused-ring (bicyclic) bond motifs is 6. The number of unbranched alkanes of at least 4 members (excludes halogenated alkanes) is 1. The summed E-state index contributed by atoms with van der Waals surface area (Å²) in [4.78, 5) is 0. The second kappa shape index (κ2) is 25.0. The molecule has 0 amide bonds. The molecule has 2 nitrogen and oxygen atoms in total. The van der Waals surface area contributed by atoms with Crippen LogP contribution in [0.2, 0.25) is 0 Å². The molecule has 0 bridgehead atoms. The second-order valence-corrected chi connectivity index (χ2v) is 20.6. The molecular formula is C58H54Au2N2P2+2. The Kier molecular flexibility index (Phi) is 19.5. The third-order valence-electron chi connectivity index (χ3n) is 11.6. The van der Waals surface area contributed by atoms with Crippen molar-refractivity contribution in [2.45, 2.75) is 26.7 Å². The maximum absolute atomic E-state index is 7.16. The largest absolute Gasteiger partial charge is 1.00 e. The number of aromatic nitrogens is 2. The molecule has 0 radical (unpaired) electrons. The Balaban J connectivity index is 0.000000192. The van der Waals surface area contributed by atoms with Gasteiger partial charge in [0.05, 0.1) is 49.4 Å². The third kappa shape index (κ3) is 11.9. The number of allylic oxidation sites excluding steroid dienone is 4. The molecule has 0 fully saturated rings. The van der Waals surface area contributed by atoms with Crippen molar-refractivity contribution in [2.24, 2.45) is 14.1 Å². The number of para-hydroxylation sites is 2. The van der Waals surface area contributed by atoms with E-state index >= 15 is 0 Å². The maximum atomic E-state index is 7.16. The van der Waals surface area contributed by atoms with Gasteiger partial charge in [0.2, 0.25) is 0 Å². The van der Waals surface area contributed by atoms with E-state index in [9.17, 15) is 0 Å². The fourth-order valence-corrected chi connectivity index (χ4v) is 14.0. The Morgan fingerprint density at radius 1 is 0.484 bits per heavy atom. The molecule has 0 N–H and O–H groups in total. The van der Waals surface area contributed by atoms with Gasteiger partial charge in [0, 0.05) is 57.7 Å². The standard InChI is InChI=1S/C28H32P2.2C15H10N.2Au/c1-3-16-25(4-2)29(26-17-8-5-9-18-26)23-14-15-24-30(27-19-10-6-11-20-27)28-21-12-7-13-22-28;2*1-3-11-8-9-13-12-6-4-5-7-14(12)16(2)15(13)10-11;;/h3-13,16-22H,14-15,23-24H2,1-2H3;2*4-10H,2H3;;/q;2*-1;2*+1/p+2/b16-3-,25-4+;;;;. The fraction of sp³-hybridized carbons (Fsp3) is 0.138. The van der Waals surface area contributed by atoms with Crippen molar-refractivity contribution >= 4 is 75.4 Å². The van der Waals surface area contributed by atoms with Crippen LogP contribution in [0.4, 0.5) is 0 Å². The molecule has 0 saturated heterocycles. The van der Waals surface area contributed by atoms with Crippen LogP contribution in [-0.2, 0) is 58.9 Å². The first-order chi connectivity index (χ1) is 30.4. The molecule has 0 spiro atoms. The van der Waals surface area contributed by atoms with E-state index in [1.807, 2.05) is 36.4 Å². The van der Waals surface area contributed by atoms with Gasteiger partial charge in [-0.25, -0.2) is 0 Å². The quantitative estimate of drug-likeness (QED) is 0.0323. The first-order valence-electron chi connectivity index (χ1n) is 21.4. The van der Waals surface area contributed by atoms with Gasteiger partial charge in [-0.15, -0.1) is 35.4 Å². The van der Waals surface area contributed by atoms with E-state index in [-0.39, 0.29) is 44.8 Å². The molecule has 2 aromatic heterocycles. The Bertz CT molecular complexity index is 2870. The first kappa shape index (κ1) is 50.1. The summed E-state index contributed by atoms with van der Waals surface area (Å²) in [5, 5.41) is 11.1. The van der Waals surface area contributed by atoms with E-state index in [0.29, 0.717) is 0 Å². The van der Waals surface area contributed by atoms with Gasteiger partial charge in [-0.1, -0.05) is 109 Å². The third-order valence-corrected chi connectivity index (χ3v) is 17.5. The van der Waals surface area contributed by atoms with Crippen LogP contribution >= 0.6 is 15.8 Å². The molecule has 0 aliphatic carbocycles. The molecule has 0 saturated carbocycles. The molecule has 0 aliphatic heterocycles. The topological polar surface area (TPSA) is 9.86 Å². The van der Waals surface area contributed by atoms with E-state index < -0.39 is 15.8 Å². The average molecular weight is 1230 g/mol. The monoisotopic (exact) mass is 1230 g/mol. The van der Waals surface area contributed by atoms with E-state index in [4.69, 9.17) is 12.8 Å². The van der Waals surface area contributed by atoms with Crippen molar-refractivity contribution in [1.82, 2.24) is 9.13 Å². The van der Waals surface area contributed by atoms with Crippen molar-refractivity contribution in [2.75, 3.05) is 12.3 Å². The van der Waals surface area contributed by atoms with Crippen molar-refractivity contribution in [3.05, 3.63) is 223 Å².